The molecule has 3 heterocycles. The molecule has 172 valence electrons. The van der Waals surface area contributed by atoms with E-state index >= 15 is 0 Å². The first-order valence-corrected chi connectivity index (χ1v) is 10.5. The lowest BCUT2D eigenvalue weighted by atomic mass is 10.1. The second kappa shape index (κ2) is 8.22. The lowest BCUT2D eigenvalue weighted by molar-refractivity contribution is -0.286. The molecule has 1 aliphatic rings. The summed E-state index contributed by atoms with van der Waals surface area (Å²) in [6, 6.07) is 14.7. The van der Waals surface area contributed by atoms with E-state index in [0.29, 0.717) is 27.7 Å². The lowest BCUT2D eigenvalue weighted by Gasteiger charge is -2.22. The average molecular weight is 464 g/mol. The minimum atomic E-state index is -3.76. The SMILES string of the molecule is CCN(C(=O)Cn1nc(-c2cccnc2)c2ccccc2c1=O)c1ccc2c(c1)OC(F)(F)O2. The number of amides is 1. The molecule has 0 unspecified atom stereocenters. The summed E-state index contributed by atoms with van der Waals surface area (Å²) in [5, 5.41) is 5.53. The number of benzene rings is 2. The lowest BCUT2D eigenvalue weighted by Crippen LogP contribution is -2.37. The Hall–Kier alpha value is -4.34. The number of carbonyl (C=O) groups excluding carboxylic acids is 1. The number of aromatic nitrogens is 3. The molecule has 10 heteroatoms. The van der Waals surface area contributed by atoms with E-state index in [1.165, 1.54) is 23.1 Å². The maximum atomic E-state index is 13.4. The fourth-order valence-corrected chi connectivity index (χ4v) is 3.88. The number of fused-ring (bicyclic) bond motifs is 2. The zero-order chi connectivity index (χ0) is 23.9. The number of halogens is 2. The predicted octanol–water partition coefficient (Wildman–Crippen LogP) is 3.83. The number of rotatable bonds is 5. The van der Waals surface area contributed by atoms with Crippen molar-refractivity contribution < 1.29 is 23.0 Å². The van der Waals surface area contributed by atoms with Crippen LogP contribution in [0.15, 0.2) is 71.8 Å². The Morgan fingerprint density at radius 1 is 1.06 bits per heavy atom. The van der Waals surface area contributed by atoms with Gasteiger partial charge in [0.25, 0.3) is 5.56 Å². The molecule has 0 saturated heterocycles. The summed E-state index contributed by atoms with van der Waals surface area (Å²) in [5.41, 5.74) is 1.13. The van der Waals surface area contributed by atoms with E-state index in [9.17, 15) is 18.4 Å². The van der Waals surface area contributed by atoms with Crippen LogP contribution in [0.25, 0.3) is 22.0 Å². The molecule has 0 fully saturated rings. The summed E-state index contributed by atoms with van der Waals surface area (Å²) in [5.74, 6) is -0.741. The van der Waals surface area contributed by atoms with E-state index < -0.39 is 17.8 Å². The van der Waals surface area contributed by atoms with Gasteiger partial charge in [0.2, 0.25) is 5.91 Å². The van der Waals surface area contributed by atoms with Gasteiger partial charge in [0.05, 0.1) is 5.39 Å². The van der Waals surface area contributed by atoms with Crippen LogP contribution in [-0.2, 0) is 11.3 Å². The second-order valence-corrected chi connectivity index (χ2v) is 7.54. The largest absolute Gasteiger partial charge is 0.586 e. The van der Waals surface area contributed by atoms with Crippen LogP contribution in [-0.4, -0.2) is 33.5 Å². The monoisotopic (exact) mass is 464 g/mol. The Bertz CT molecular complexity index is 1460. The van der Waals surface area contributed by atoms with Crippen molar-refractivity contribution in [2.24, 2.45) is 0 Å². The van der Waals surface area contributed by atoms with Crippen LogP contribution in [0.5, 0.6) is 11.5 Å². The predicted molar refractivity (Wildman–Crippen MR) is 120 cm³/mol. The summed E-state index contributed by atoms with van der Waals surface area (Å²) in [4.78, 5) is 31.8. The Labute approximate surface area is 192 Å². The molecule has 2 aromatic heterocycles. The van der Waals surface area contributed by atoms with Gasteiger partial charge in [-0.2, -0.15) is 5.10 Å². The van der Waals surface area contributed by atoms with Gasteiger partial charge in [0, 0.05) is 41.6 Å². The maximum absolute atomic E-state index is 13.4. The number of carbonyl (C=O) groups is 1. The number of anilines is 1. The molecule has 0 spiro atoms. The van der Waals surface area contributed by atoms with E-state index in [-0.39, 0.29) is 24.6 Å². The first-order chi connectivity index (χ1) is 16.4. The molecule has 0 saturated carbocycles. The normalized spacial score (nSPS) is 13.7. The maximum Gasteiger partial charge on any atom is 0.586 e. The van der Waals surface area contributed by atoms with Gasteiger partial charge < -0.3 is 14.4 Å². The summed E-state index contributed by atoms with van der Waals surface area (Å²) in [6.07, 6.45) is -0.495. The summed E-state index contributed by atoms with van der Waals surface area (Å²) in [7, 11) is 0. The Balaban J connectivity index is 1.51. The first-order valence-electron chi connectivity index (χ1n) is 10.5. The molecule has 5 rings (SSSR count). The van der Waals surface area contributed by atoms with Crippen molar-refractivity contribution in [2.45, 2.75) is 19.8 Å². The van der Waals surface area contributed by atoms with Gasteiger partial charge in [-0.15, -0.1) is 8.78 Å². The van der Waals surface area contributed by atoms with E-state index in [1.807, 2.05) is 6.07 Å². The summed E-state index contributed by atoms with van der Waals surface area (Å²) in [6.45, 7) is 1.61. The highest BCUT2D eigenvalue weighted by molar-refractivity contribution is 5.95. The molecule has 0 bridgehead atoms. The molecule has 0 aliphatic carbocycles. The fourth-order valence-electron chi connectivity index (χ4n) is 3.88. The number of hydrogen-bond acceptors (Lipinski definition) is 6. The van der Waals surface area contributed by atoms with E-state index in [2.05, 4.69) is 19.6 Å². The number of nitrogens with zero attached hydrogens (tertiary/aromatic N) is 4. The smallest absolute Gasteiger partial charge is 0.395 e. The molecule has 8 nitrogen and oxygen atoms in total. The molecular weight excluding hydrogens is 446 g/mol. The van der Waals surface area contributed by atoms with Crippen molar-refractivity contribution in [3.63, 3.8) is 0 Å². The van der Waals surface area contributed by atoms with Gasteiger partial charge >= 0.3 is 6.29 Å². The minimum absolute atomic E-state index is 0.120. The second-order valence-electron chi connectivity index (χ2n) is 7.54. The molecule has 4 aromatic rings. The van der Waals surface area contributed by atoms with Crippen LogP contribution in [0, 0.1) is 0 Å². The Kier molecular flexibility index (Phi) is 5.20. The van der Waals surface area contributed by atoms with Crippen LogP contribution < -0.4 is 19.9 Å². The van der Waals surface area contributed by atoms with Gasteiger partial charge in [-0.25, -0.2) is 4.68 Å². The highest BCUT2D eigenvalue weighted by atomic mass is 19.3. The van der Waals surface area contributed by atoms with Crippen LogP contribution in [0.3, 0.4) is 0 Å². The topological polar surface area (TPSA) is 86.6 Å². The highest BCUT2D eigenvalue weighted by Gasteiger charge is 2.43. The number of likely N-dealkylation sites (N-methyl/N-ethyl adjacent to an activating group) is 1. The Morgan fingerprint density at radius 3 is 2.56 bits per heavy atom. The fraction of sp³-hybridized carbons (Fsp3) is 0.167. The third kappa shape index (κ3) is 3.83. The van der Waals surface area contributed by atoms with Crippen molar-refractivity contribution in [1.82, 2.24) is 14.8 Å². The zero-order valence-electron chi connectivity index (χ0n) is 17.9. The summed E-state index contributed by atoms with van der Waals surface area (Å²) < 4.78 is 36.8. The first kappa shape index (κ1) is 21.5. The quantitative estimate of drug-likeness (QED) is 0.446. The number of ether oxygens (including phenoxy) is 2. The molecule has 1 amide bonds. The van der Waals surface area contributed by atoms with Crippen molar-refractivity contribution in [3.8, 4) is 22.8 Å². The molecule has 1 aliphatic heterocycles. The number of pyridine rings is 1. The highest BCUT2D eigenvalue weighted by Crippen LogP contribution is 2.42. The zero-order valence-corrected chi connectivity index (χ0v) is 17.9. The van der Waals surface area contributed by atoms with Crippen LogP contribution >= 0.6 is 0 Å². The molecule has 0 N–H and O–H groups in total. The third-order valence-electron chi connectivity index (χ3n) is 5.40. The van der Waals surface area contributed by atoms with Crippen LogP contribution in [0.1, 0.15) is 6.92 Å². The standard InChI is InChI=1S/C24H18F2N4O4/c1-2-29(16-9-10-19-20(12-16)34-24(25,26)33-19)21(31)14-30-23(32)18-8-4-3-7-17(18)22(28-30)15-6-5-11-27-13-15/h3-13H,2,14H2,1H3. The number of alkyl halides is 2. The van der Waals surface area contributed by atoms with E-state index in [4.69, 9.17) is 0 Å². The van der Waals surface area contributed by atoms with Gasteiger partial charge in [-0.05, 0) is 37.3 Å². The summed E-state index contributed by atoms with van der Waals surface area (Å²) >= 11 is 0. The minimum Gasteiger partial charge on any atom is -0.395 e. The molecule has 0 radical (unpaired) electrons. The van der Waals surface area contributed by atoms with Crippen molar-refractivity contribution in [2.75, 3.05) is 11.4 Å². The van der Waals surface area contributed by atoms with Crippen molar-refractivity contribution in [1.29, 1.82) is 0 Å². The van der Waals surface area contributed by atoms with Crippen LogP contribution in [0.2, 0.25) is 0 Å². The number of hydrogen-bond donors (Lipinski definition) is 0. The van der Waals surface area contributed by atoms with E-state index in [0.717, 1.165) is 4.68 Å². The molecule has 34 heavy (non-hydrogen) atoms. The molecule has 0 atom stereocenters. The van der Waals surface area contributed by atoms with Crippen molar-refractivity contribution in [3.05, 3.63) is 77.3 Å². The Morgan fingerprint density at radius 2 is 1.82 bits per heavy atom. The van der Waals surface area contributed by atoms with Crippen LogP contribution in [0.4, 0.5) is 14.5 Å². The van der Waals surface area contributed by atoms with Gasteiger partial charge in [0.15, 0.2) is 11.5 Å². The van der Waals surface area contributed by atoms with E-state index in [1.54, 1.807) is 49.6 Å². The third-order valence-corrected chi connectivity index (χ3v) is 5.40. The van der Waals surface area contributed by atoms with Gasteiger partial charge in [0.1, 0.15) is 12.2 Å². The van der Waals surface area contributed by atoms with Crippen molar-refractivity contribution >= 4 is 22.4 Å². The average Bonchev–Trinajstić information content (AvgIpc) is 3.15. The molecule has 2 aromatic carbocycles. The van der Waals surface area contributed by atoms with Gasteiger partial charge in [-0.1, -0.05) is 18.2 Å². The molecular formula is C24H18F2N4O4. The van der Waals surface area contributed by atoms with Gasteiger partial charge in [-0.3, -0.25) is 14.6 Å².